The van der Waals surface area contributed by atoms with Crippen LogP contribution in [0.3, 0.4) is 0 Å². The zero-order valence-corrected chi connectivity index (χ0v) is 26.1. The number of hydrogen-bond acceptors (Lipinski definition) is 6. The maximum atomic E-state index is 13.7. The van der Waals surface area contributed by atoms with Crippen LogP contribution >= 0.6 is 0 Å². The highest BCUT2D eigenvalue weighted by Crippen LogP contribution is 2.28. The van der Waals surface area contributed by atoms with Gasteiger partial charge in [-0.25, -0.2) is 0 Å². The van der Waals surface area contributed by atoms with Gasteiger partial charge in [-0.2, -0.15) is 0 Å². The zero-order valence-electron chi connectivity index (χ0n) is 26.1. The van der Waals surface area contributed by atoms with Gasteiger partial charge in [0, 0.05) is 93.1 Å². The van der Waals surface area contributed by atoms with E-state index in [2.05, 4.69) is 93.3 Å². The fourth-order valence-electron chi connectivity index (χ4n) is 5.23. The van der Waals surface area contributed by atoms with Crippen LogP contribution in [0.15, 0.2) is 36.4 Å². The van der Waals surface area contributed by atoms with Crippen molar-refractivity contribution in [1.29, 1.82) is 0 Å². The minimum absolute atomic E-state index is 0.170. The first-order chi connectivity index (χ1) is 19.2. The molecule has 224 valence electrons. The van der Waals surface area contributed by atoms with Crippen molar-refractivity contribution in [2.45, 2.75) is 83.8 Å². The fraction of sp³-hybridized carbons (Fsp3) is 0.606. The highest BCUT2D eigenvalue weighted by Gasteiger charge is 2.42. The Kier molecular flexibility index (Phi) is 9.56. The molecule has 2 saturated heterocycles. The SMILES string of the molecule is CN1CCN(Cc2ccc(CNC(=O)C3(NC(=O)c4cc(C(C)(C)C)nc(C(C)(C)C)c4)CCOCC3)cc2)CC1. The number of ether oxygens (including phenoxy) is 1. The number of pyridine rings is 1. The topological polar surface area (TPSA) is 86.8 Å². The molecule has 0 unspecified atom stereocenters. The van der Waals surface area contributed by atoms with Crippen LogP contribution in [0.25, 0.3) is 0 Å². The summed E-state index contributed by atoms with van der Waals surface area (Å²) in [4.78, 5) is 37.1. The Hall–Kier alpha value is -2.81. The lowest BCUT2D eigenvalue weighted by molar-refractivity contribution is -0.131. The molecular weight excluding hydrogens is 514 g/mol. The summed E-state index contributed by atoms with van der Waals surface area (Å²) in [6.07, 6.45) is 0.857. The summed E-state index contributed by atoms with van der Waals surface area (Å²) < 4.78 is 5.59. The summed E-state index contributed by atoms with van der Waals surface area (Å²) in [7, 11) is 2.17. The number of carbonyl (C=O) groups excluding carboxylic acids is 2. The summed E-state index contributed by atoms with van der Waals surface area (Å²) in [5.41, 5.74) is 3.10. The summed E-state index contributed by atoms with van der Waals surface area (Å²) in [6, 6.07) is 12.2. The lowest BCUT2D eigenvalue weighted by Gasteiger charge is -2.36. The molecule has 2 N–H and O–H groups in total. The van der Waals surface area contributed by atoms with E-state index in [1.165, 1.54) is 5.56 Å². The Morgan fingerprint density at radius 2 is 1.41 bits per heavy atom. The zero-order chi connectivity index (χ0) is 29.8. The molecule has 2 aliphatic heterocycles. The van der Waals surface area contributed by atoms with Gasteiger partial charge in [-0.3, -0.25) is 19.5 Å². The van der Waals surface area contributed by atoms with Crippen LogP contribution in [0.1, 0.15) is 87.3 Å². The highest BCUT2D eigenvalue weighted by molar-refractivity contribution is 5.99. The number of aromatic nitrogens is 1. The molecule has 2 amide bonds. The second-order valence-corrected chi connectivity index (χ2v) is 13.9. The second-order valence-electron chi connectivity index (χ2n) is 13.9. The van der Waals surface area contributed by atoms with E-state index in [4.69, 9.17) is 9.72 Å². The first kappa shape index (κ1) is 31.1. The van der Waals surface area contributed by atoms with Gasteiger partial charge in [0.2, 0.25) is 5.91 Å². The number of rotatable bonds is 7. The Labute approximate surface area is 246 Å². The third-order valence-electron chi connectivity index (χ3n) is 8.24. The van der Waals surface area contributed by atoms with Crippen LogP contribution in [0.4, 0.5) is 0 Å². The molecule has 8 nitrogen and oxygen atoms in total. The van der Waals surface area contributed by atoms with Gasteiger partial charge in [0.25, 0.3) is 5.91 Å². The van der Waals surface area contributed by atoms with Crippen LogP contribution in [0, 0.1) is 0 Å². The van der Waals surface area contributed by atoms with Crippen LogP contribution < -0.4 is 10.6 Å². The van der Waals surface area contributed by atoms with E-state index in [-0.39, 0.29) is 22.6 Å². The molecule has 0 radical (unpaired) electrons. The first-order valence-electron chi connectivity index (χ1n) is 15.0. The van der Waals surface area contributed by atoms with Crippen LogP contribution in [-0.4, -0.2) is 78.6 Å². The average molecular weight is 564 g/mol. The molecule has 1 aromatic heterocycles. The number of hydrogen-bond donors (Lipinski definition) is 2. The third kappa shape index (κ3) is 8.15. The van der Waals surface area contributed by atoms with Crippen molar-refractivity contribution in [2.24, 2.45) is 0 Å². The van der Waals surface area contributed by atoms with Crippen LogP contribution in [-0.2, 0) is 33.5 Å². The Morgan fingerprint density at radius 1 is 0.878 bits per heavy atom. The third-order valence-corrected chi connectivity index (χ3v) is 8.24. The van der Waals surface area contributed by atoms with Crippen molar-refractivity contribution >= 4 is 11.8 Å². The maximum absolute atomic E-state index is 13.7. The molecule has 0 atom stereocenters. The molecule has 3 heterocycles. The monoisotopic (exact) mass is 563 g/mol. The molecule has 8 heteroatoms. The minimum Gasteiger partial charge on any atom is -0.381 e. The van der Waals surface area contributed by atoms with Gasteiger partial charge in [-0.15, -0.1) is 0 Å². The van der Waals surface area contributed by atoms with Crippen molar-refractivity contribution < 1.29 is 14.3 Å². The van der Waals surface area contributed by atoms with Gasteiger partial charge in [-0.1, -0.05) is 65.8 Å². The van der Waals surface area contributed by atoms with Crippen LogP contribution in [0.5, 0.6) is 0 Å². The van der Waals surface area contributed by atoms with Gasteiger partial charge in [-0.05, 0) is 30.3 Å². The number of benzene rings is 1. The van der Waals surface area contributed by atoms with E-state index in [1.807, 2.05) is 12.1 Å². The Morgan fingerprint density at radius 3 is 1.95 bits per heavy atom. The summed E-state index contributed by atoms with van der Waals surface area (Å²) in [6.45, 7) is 19.1. The lowest BCUT2D eigenvalue weighted by atomic mass is 9.85. The number of piperazine rings is 1. The van der Waals surface area contributed by atoms with E-state index in [0.29, 0.717) is 38.2 Å². The van der Waals surface area contributed by atoms with Gasteiger partial charge < -0.3 is 20.3 Å². The molecule has 41 heavy (non-hydrogen) atoms. The largest absolute Gasteiger partial charge is 0.381 e. The summed E-state index contributed by atoms with van der Waals surface area (Å²) >= 11 is 0. The molecule has 2 aromatic rings. The van der Waals surface area contributed by atoms with E-state index in [9.17, 15) is 9.59 Å². The summed E-state index contributed by atoms with van der Waals surface area (Å²) in [5.74, 6) is -0.425. The van der Waals surface area contributed by atoms with E-state index in [0.717, 1.165) is 49.7 Å². The van der Waals surface area contributed by atoms with E-state index < -0.39 is 5.54 Å². The van der Waals surface area contributed by atoms with Crippen molar-refractivity contribution in [2.75, 3.05) is 46.4 Å². The summed E-state index contributed by atoms with van der Waals surface area (Å²) in [5, 5.41) is 6.24. The molecule has 0 aliphatic carbocycles. The average Bonchev–Trinajstić information content (AvgIpc) is 2.93. The maximum Gasteiger partial charge on any atom is 0.252 e. The molecule has 0 saturated carbocycles. The minimum atomic E-state index is -1.02. The van der Waals surface area contributed by atoms with Gasteiger partial charge in [0.15, 0.2) is 0 Å². The molecule has 2 aliphatic rings. The van der Waals surface area contributed by atoms with Crippen molar-refractivity contribution in [3.05, 3.63) is 64.5 Å². The number of carbonyl (C=O) groups is 2. The van der Waals surface area contributed by atoms with E-state index in [1.54, 1.807) is 0 Å². The second kappa shape index (κ2) is 12.6. The standard InChI is InChI=1S/C33H49N5O3/c1-31(2,3)27-20-26(21-28(35-27)32(4,5)6)29(39)36-33(12-18-41-19-13-33)30(40)34-22-24-8-10-25(11-9-24)23-38-16-14-37(7)15-17-38/h8-11,20-21H,12-19,22-23H2,1-7H3,(H,34,40)(H,36,39). The quantitative estimate of drug-likeness (QED) is 0.529. The van der Waals surface area contributed by atoms with Gasteiger partial charge >= 0.3 is 0 Å². The predicted octanol–water partition coefficient (Wildman–Crippen LogP) is 4.02. The molecule has 4 rings (SSSR count). The Balaban J connectivity index is 1.44. The number of likely N-dealkylation sites (N-methyl/N-ethyl adjacent to an activating group) is 1. The predicted molar refractivity (Wildman–Crippen MR) is 163 cm³/mol. The van der Waals surface area contributed by atoms with Crippen molar-refractivity contribution in [3.63, 3.8) is 0 Å². The van der Waals surface area contributed by atoms with Gasteiger partial charge in [0.05, 0.1) is 0 Å². The molecule has 0 bridgehead atoms. The number of nitrogens with zero attached hydrogens (tertiary/aromatic N) is 3. The fourth-order valence-corrected chi connectivity index (χ4v) is 5.23. The first-order valence-corrected chi connectivity index (χ1v) is 15.0. The number of amides is 2. The van der Waals surface area contributed by atoms with Crippen molar-refractivity contribution in [3.8, 4) is 0 Å². The smallest absolute Gasteiger partial charge is 0.252 e. The molecule has 1 aromatic carbocycles. The molecular formula is C33H49N5O3. The number of nitrogens with one attached hydrogen (secondary N) is 2. The molecule has 2 fully saturated rings. The highest BCUT2D eigenvalue weighted by atomic mass is 16.5. The van der Waals surface area contributed by atoms with E-state index >= 15 is 0 Å². The van der Waals surface area contributed by atoms with Crippen LogP contribution in [0.2, 0.25) is 0 Å². The Bertz CT molecular complexity index is 1170. The lowest BCUT2D eigenvalue weighted by Crippen LogP contribution is -2.61. The van der Waals surface area contributed by atoms with Crippen molar-refractivity contribution in [1.82, 2.24) is 25.4 Å². The van der Waals surface area contributed by atoms with Gasteiger partial charge in [0.1, 0.15) is 5.54 Å². The normalized spacial score (nSPS) is 18.6. The molecule has 0 spiro atoms.